The Morgan fingerprint density at radius 1 is 0.347 bits per heavy atom. The maximum absolute atomic E-state index is 6.42. The minimum atomic E-state index is -0.0230. The second-order valence-corrected chi connectivity index (χ2v) is 14.0. The Kier molecular flexibility index (Phi) is 5.21. The van der Waals surface area contributed by atoms with Gasteiger partial charge in [-0.2, -0.15) is 0 Å². The predicted molar refractivity (Wildman–Crippen MR) is 204 cm³/mol. The van der Waals surface area contributed by atoms with Crippen molar-refractivity contribution in [2.45, 2.75) is 19.3 Å². The van der Waals surface area contributed by atoms with Crippen molar-refractivity contribution in [2.24, 2.45) is 0 Å². The number of hydrogen-bond donors (Lipinski definition) is 0. The summed E-state index contributed by atoms with van der Waals surface area (Å²) in [6.07, 6.45) is 0. The molecule has 0 radical (unpaired) electrons. The Morgan fingerprint density at radius 3 is 1.53 bits per heavy atom. The lowest BCUT2D eigenvalue weighted by Gasteiger charge is -2.22. The Hall–Kier alpha value is -6.12. The molecule has 1 aliphatic carbocycles. The first-order chi connectivity index (χ1) is 24.0. The zero-order valence-corrected chi connectivity index (χ0v) is 27.2. The van der Waals surface area contributed by atoms with Crippen LogP contribution in [0.3, 0.4) is 0 Å². The number of hydrogen-bond acceptors (Lipinski definition) is 2. The van der Waals surface area contributed by atoms with Crippen LogP contribution in [0, 0.1) is 0 Å². The Morgan fingerprint density at radius 2 is 0.837 bits per heavy atom. The molecule has 0 fully saturated rings. The van der Waals surface area contributed by atoms with Crippen LogP contribution in [0.2, 0.25) is 0 Å². The molecule has 2 heterocycles. The summed E-state index contributed by atoms with van der Waals surface area (Å²) in [4.78, 5) is 0. The molecule has 11 rings (SSSR count). The zero-order chi connectivity index (χ0) is 32.4. The minimum Gasteiger partial charge on any atom is -0.456 e. The van der Waals surface area contributed by atoms with Gasteiger partial charge in [0.1, 0.15) is 22.3 Å². The van der Waals surface area contributed by atoms with Gasteiger partial charge in [0, 0.05) is 33.0 Å². The van der Waals surface area contributed by atoms with E-state index in [1.807, 2.05) is 18.2 Å². The van der Waals surface area contributed by atoms with E-state index in [0.29, 0.717) is 0 Å². The van der Waals surface area contributed by atoms with Crippen LogP contribution in [0.5, 0.6) is 0 Å². The molecule has 49 heavy (non-hydrogen) atoms. The molecule has 2 nitrogen and oxygen atoms in total. The molecule has 1 aliphatic rings. The average molecular weight is 627 g/mol. The summed E-state index contributed by atoms with van der Waals surface area (Å²) in [5.74, 6) is 0. The molecule has 8 aromatic carbocycles. The largest absolute Gasteiger partial charge is 0.456 e. The molecule has 0 spiro atoms. The molecule has 230 valence electrons. The van der Waals surface area contributed by atoms with Crippen LogP contribution >= 0.6 is 0 Å². The first kappa shape index (κ1) is 26.9. The first-order valence-electron chi connectivity index (χ1n) is 17.0. The molecule has 10 aromatic rings. The highest BCUT2D eigenvalue weighted by atomic mass is 16.3. The van der Waals surface area contributed by atoms with Crippen LogP contribution in [0.15, 0.2) is 154 Å². The zero-order valence-electron chi connectivity index (χ0n) is 27.2. The highest BCUT2D eigenvalue weighted by Crippen LogP contribution is 2.51. The first-order valence-corrected chi connectivity index (χ1v) is 17.0. The SMILES string of the molecule is CC1(C)c2ccccc2-c2cc(-c3c4ccccc4c(-c4ccc5oc6cc7oc8ccccc8c7cc6c5c4)c4ccccc34)ccc21. The highest BCUT2D eigenvalue weighted by molar-refractivity contribution is 6.23. The van der Waals surface area contributed by atoms with Gasteiger partial charge in [0.05, 0.1) is 0 Å². The molecular weight excluding hydrogens is 597 g/mol. The van der Waals surface area contributed by atoms with Gasteiger partial charge in [0.25, 0.3) is 0 Å². The lowest BCUT2D eigenvalue weighted by molar-refractivity contribution is 0.656. The topological polar surface area (TPSA) is 26.3 Å². The van der Waals surface area contributed by atoms with E-state index in [1.54, 1.807) is 0 Å². The van der Waals surface area contributed by atoms with E-state index in [-0.39, 0.29) is 5.41 Å². The van der Waals surface area contributed by atoms with E-state index >= 15 is 0 Å². The van der Waals surface area contributed by atoms with Crippen LogP contribution in [-0.2, 0) is 5.41 Å². The van der Waals surface area contributed by atoms with Gasteiger partial charge in [-0.15, -0.1) is 0 Å². The van der Waals surface area contributed by atoms with Gasteiger partial charge >= 0.3 is 0 Å². The highest BCUT2D eigenvalue weighted by Gasteiger charge is 2.35. The lowest BCUT2D eigenvalue weighted by atomic mass is 9.81. The van der Waals surface area contributed by atoms with Crippen LogP contribution in [-0.4, -0.2) is 0 Å². The maximum atomic E-state index is 6.42. The lowest BCUT2D eigenvalue weighted by Crippen LogP contribution is -2.14. The van der Waals surface area contributed by atoms with Crippen molar-refractivity contribution >= 4 is 65.4 Å². The van der Waals surface area contributed by atoms with Crippen LogP contribution in [0.25, 0.3) is 98.8 Å². The van der Waals surface area contributed by atoms with Gasteiger partial charge in [0.2, 0.25) is 0 Å². The van der Waals surface area contributed by atoms with E-state index < -0.39 is 0 Å². The number of benzene rings is 8. The van der Waals surface area contributed by atoms with Crippen molar-refractivity contribution in [1.82, 2.24) is 0 Å². The van der Waals surface area contributed by atoms with Gasteiger partial charge in [-0.05, 0) is 96.4 Å². The Balaban J connectivity index is 1.17. The normalized spacial score (nSPS) is 13.7. The van der Waals surface area contributed by atoms with Crippen molar-refractivity contribution in [2.75, 3.05) is 0 Å². The number of para-hydroxylation sites is 1. The van der Waals surface area contributed by atoms with E-state index in [2.05, 4.69) is 141 Å². The van der Waals surface area contributed by atoms with E-state index in [9.17, 15) is 0 Å². The predicted octanol–water partition coefficient (Wildman–Crippen LogP) is 13.4. The van der Waals surface area contributed by atoms with Crippen molar-refractivity contribution in [3.63, 3.8) is 0 Å². The minimum absolute atomic E-state index is 0.0230. The number of fused-ring (bicyclic) bond motifs is 11. The molecule has 0 atom stereocenters. The van der Waals surface area contributed by atoms with Gasteiger partial charge < -0.3 is 8.83 Å². The summed E-state index contributed by atoms with van der Waals surface area (Å²) in [5, 5.41) is 9.43. The second-order valence-electron chi connectivity index (χ2n) is 14.0. The van der Waals surface area contributed by atoms with E-state index in [1.165, 1.54) is 66.1 Å². The van der Waals surface area contributed by atoms with E-state index in [4.69, 9.17) is 8.83 Å². The third-order valence-corrected chi connectivity index (χ3v) is 11.1. The molecule has 0 saturated carbocycles. The molecule has 0 aliphatic heterocycles. The van der Waals surface area contributed by atoms with Gasteiger partial charge in [-0.3, -0.25) is 0 Å². The summed E-state index contributed by atoms with van der Waals surface area (Å²) in [5.41, 5.74) is 13.9. The van der Waals surface area contributed by atoms with Crippen LogP contribution < -0.4 is 0 Å². The standard InChI is InChI=1S/C47H30O2/c1-47(2)39-17-9-7-11-29(39)35-23-27(19-21-40(35)47)45-31-13-3-5-15-33(31)46(34-16-6-4-14-32(34)45)28-20-22-42-36(24-28)38-25-37-30-12-8-10-18-41(30)48-43(37)26-44(38)49-42/h3-26H,1-2H3. The second kappa shape index (κ2) is 9.49. The Labute approximate surface area is 282 Å². The molecule has 2 heteroatoms. The fraction of sp³-hybridized carbons (Fsp3) is 0.0638. The van der Waals surface area contributed by atoms with Crippen molar-refractivity contribution in [1.29, 1.82) is 0 Å². The fourth-order valence-electron chi connectivity index (χ4n) is 8.78. The van der Waals surface area contributed by atoms with Crippen molar-refractivity contribution in [3.05, 3.63) is 157 Å². The summed E-state index contributed by atoms with van der Waals surface area (Å²) in [6.45, 7) is 4.69. The third kappa shape index (κ3) is 3.61. The maximum Gasteiger partial charge on any atom is 0.139 e. The van der Waals surface area contributed by atoms with Gasteiger partial charge in [-0.1, -0.05) is 123 Å². The van der Waals surface area contributed by atoms with Crippen molar-refractivity contribution in [3.8, 4) is 33.4 Å². The average Bonchev–Trinajstić information content (AvgIpc) is 3.76. The van der Waals surface area contributed by atoms with Gasteiger partial charge in [0.15, 0.2) is 0 Å². The van der Waals surface area contributed by atoms with E-state index in [0.717, 1.165) is 43.9 Å². The molecule has 0 unspecified atom stereocenters. The summed E-state index contributed by atoms with van der Waals surface area (Å²) >= 11 is 0. The van der Waals surface area contributed by atoms with Crippen LogP contribution in [0.4, 0.5) is 0 Å². The Bertz CT molecular complexity index is 2970. The monoisotopic (exact) mass is 626 g/mol. The quantitative estimate of drug-likeness (QED) is 0.178. The summed E-state index contributed by atoms with van der Waals surface area (Å²) in [7, 11) is 0. The van der Waals surface area contributed by atoms with Gasteiger partial charge in [-0.25, -0.2) is 0 Å². The van der Waals surface area contributed by atoms with Crippen LogP contribution in [0.1, 0.15) is 25.0 Å². The molecule has 0 amide bonds. The molecule has 0 bridgehead atoms. The fourth-order valence-corrected chi connectivity index (χ4v) is 8.78. The third-order valence-electron chi connectivity index (χ3n) is 11.1. The van der Waals surface area contributed by atoms with Crippen molar-refractivity contribution < 1.29 is 8.83 Å². The molecular formula is C47H30O2. The molecule has 0 N–H and O–H groups in total. The number of furan rings is 2. The number of rotatable bonds is 2. The molecule has 0 saturated heterocycles. The molecule has 2 aromatic heterocycles. The summed E-state index contributed by atoms with van der Waals surface area (Å²) < 4.78 is 12.6. The smallest absolute Gasteiger partial charge is 0.139 e. The summed E-state index contributed by atoms with van der Waals surface area (Å²) in [6, 6.07) is 53.0.